The van der Waals surface area contributed by atoms with Crippen molar-refractivity contribution < 1.29 is 9.53 Å². The van der Waals surface area contributed by atoms with Gasteiger partial charge < -0.3 is 19.9 Å². The zero-order valence-corrected chi connectivity index (χ0v) is 16.1. The van der Waals surface area contributed by atoms with E-state index >= 15 is 0 Å². The Labute approximate surface area is 157 Å². The van der Waals surface area contributed by atoms with Crippen molar-refractivity contribution in [2.24, 2.45) is 5.92 Å². The molecule has 144 valence electrons. The summed E-state index contributed by atoms with van der Waals surface area (Å²) in [7, 11) is 0. The highest BCUT2D eigenvalue weighted by atomic mass is 16.5. The van der Waals surface area contributed by atoms with Gasteiger partial charge in [0.05, 0.1) is 13.2 Å². The first-order valence-electron chi connectivity index (χ1n) is 9.79. The molecule has 2 amide bonds. The molecule has 26 heavy (non-hydrogen) atoms. The topological polar surface area (TPSA) is 48.1 Å². The summed E-state index contributed by atoms with van der Waals surface area (Å²) in [4.78, 5) is 19.3. The van der Waals surface area contributed by atoms with Crippen molar-refractivity contribution >= 4 is 11.7 Å². The Morgan fingerprint density at radius 3 is 2.31 bits per heavy atom. The highest BCUT2D eigenvalue weighted by molar-refractivity contribution is 5.74. The molecule has 0 saturated carbocycles. The lowest BCUT2D eigenvalue weighted by Crippen LogP contribution is -2.55. The van der Waals surface area contributed by atoms with Gasteiger partial charge in [-0.15, -0.1) is 0 Å². The van der Waals surface area contributed by atoms with Crippen LogP contribution in [0.3, 0.4) is 0 Å². The van der Waals surface area contributed by atoms with Crippen LogP contribution in [0.4, 0.5) is 10.5 Å². The number of morpholine rings is 1. The number of hydrogen-bond acceptors (Lipinski definition) is 4. The molecule has 1 atom stereocenters. The lowest BCUT2D eigenvalue weighted by Gasteiger charge is -2.38. The molecule has 0 aliphatic carbocycles. The molecule has 2 saturated heterocycles. The molecule has 2 aliphatic rings. The zero-order chi connectivity index (χ0) is 18.4. The Balaban J connectivity index is 1.46. The molecule has 2 heterocycles. The molecular formula is C20H32N4O2. The Morgan fingerprint density at radius 2 is 1.69 bits per heavy atom. The molecule has 3 rings (SSSR count). The maximum absolute atomic E-state index is 12.6. The van der Waals surface area contributed by atoms with Crippen LogP contribution in [0.5, 0.6) is 0 Å². The first kappa shape index (κ1) is 19.0. The van der Waals surface area contributed by atoms with E-state index in [1.54, 1.807) is 0 Å². The second kappa shape index (κ2) is 9.24. The Hall–Kier alpha value is -1.79. The summed E-state index contributed by atoms with van der Waals surface area (Å²) in [5.74, 6) is 0.503. The van der Waals surface area contributed by atoms with Crippen LogP contribution < -0.4 is 10.2 Å². The van der Waals surface area contributed by atoms with E-state index in [9.17, 15) is 4.79 Å². The quantitative estimate of drug-likeness (QED) is 0.871. The largest absolute Gasteiger partial charge is 0.379 e. The van der Waals surface area contributed by atoms with Crippen molar-refractivity contribution in [3.63, 3.8) is 0 Å². The lowest BCUT2D eigenvalue weighted by molar-refractivity contribution is 0.00693. The van der Waals surface area contributed by atoms with Gasteiger partial charge in [0.15, 0.2) is 0 Å². The lowest BCUT2D eigenvalue weighted by atomic mass is 10.0. The van der Waals surface area contributed by atoms with Crippen LogP contribution >= 0.6 is 0 Å². The summed E-state index contributed by atoms with van der Waals surface area (Å²) in [6.07, 6.45) is 0. The Morgan fingerprint density at radius 1 is 1.04 bits per heavy atom. The first-order chi connectivity index (χ1) is 12.6. The van der Waals surface area contributed by atoms with Gasteiger partial charge in [-0.05, 0) is 18.1 Å². The van der Waals surface area contributed by atoms with E-state index in [2.05, 4.69) is 53.2 Å². The van der Waals surface area contributed by atoms with Crippen molar-refractivity contribution in [1.82, 2.24) is 15.1 Å². The monoisotopic (exact) mass is 360 g/mol. The van der Waals surface area contributed by atoms with Gasteiger partial charge in [0.25, 0.3) is 0 Å². The van der Waals surface area contributed by atoms with Crippen LogP contribution in [0.25, 0.3) is 0 Å². The van der Waals surface area contributed by atoms with E-state index in [1.165, 1.54) is 5.69 Å². The van der Waals surface area contributed by atoms with Gasteiger partial charge >= 0.3 is 6.03 Å². The maximum Gasteiger partial charge on any atom is 0.317 e. The maximum atomic E-state index is 12.6. The summed E-state index contributed by atoms with van der Waals surface area (Å²) in [6, 6.07) is 10.9. The molecule has 2 fully saturated rings. The number of nitrogens with zero attached hydrogens (tertiary/aromatic N) is 3. The minimum absolute atomic E-state index is 0.0663. The van der Waals surface area contributed by atoms with Gasteiger partial charge in [-0.25, -0.2) is 4.79 Å². The van der Waals surface area contributed by atoms with Gasteiger partial charge in [0.1, 0.15) is 0 Å². The number of carbonyl (C=O) groups is 1. The van der Waals surface area contributed by atoms with E-state index in [-0.39, 0.29) is 6.03 Å². The molecule has 6 heteroatoms. The van der Waals surface area contributed by atoms with Crippen LogP contribution in [0.1, 0.15) is 13.8 Å². The number of rotatable bonds is 5. The molecule has 1 aromatic rings. The molecule has 6 nitrogen and oxygen atoms in total. The van der Waals surface area contributed by atoms with Gasteiger partial charge in [-0.3, -0.25) is 4.90 Å². The molecule has 0 bridgehead atoms. The third kappa shape index (κ3) is 4.89. The average molecular weight is 361 g/mol. The number of hydrogen-bond donors (Lipinski definition) is 1. The van der Waals surface area contributed by atoms with E-state index in [0.717, 1.165) is 52.5 Å². The fourth-order valence-corrected chi connectivity index (χ4v) is 3.81. The molecule has 0 spiro atoms. The highest BCUT2D eigenvalue weighted by Crippen LogP contribution is 2.16. The number of nitrogens with one attached hydrogen (secondary N) is 1. The standard InChI is InChI=1S/C20H32N4O2/c1-17(2)19(23-12-14-26-15-13-23)16-21-20(25)24-10-8-22(9-11-24)18-6-4-3-5-7-18/h3-7,17,19H,8-16H2,1-2H3,(H,21,25)/t19-/m1/s1. The first-order valence-corrected chi connectivity index (χ1v) is 9.79. The van der Waals surface area contributed by atoms with Gasteiger partial charge in [0.2, 0.25) is 0 Å². The number of ether oxygens (including phenoxy) is 1. The van der Waals surface area contributed by atoms with Crippen LogP contribution in [0, 0.1) is 5.92 Å². The number of para-hydroxylation sites is 1. The van der Waals surface area contributed by atoms with Crippen LogP contribution in [-0.4, -0.2) is 80.9 Å². The minimum Gasteiger partial charge on any atom is -0.379 e. The van der Waals surface area contributed by atoms with Crippen LogP contribution in [-0.2, 0) is 4.74 Å². The summed E-state index contributed by atoms with van der Waals surface area (Å²) in [5.41, 5.74) is 1.24. The Bertz CT molecular complexity index is 552. The van der Waals surface area contributed by atoms with Crippen molar-refractivity contribution in [2.45, 2.75) is 19.9 Å². The molecule has 1 aromatic carbocycles. The fraction of sp³-hybridized carbons (Fsp3) is 0.650. The molecule has 0 aromatic heterocycles. The summed E-state index contributed by atoms with van der Waals surface area (Å²) in [6.45, 7) is 11.9. The predicted molar refractivity (Wildman–Crippen MR) is 105 cm³/mol. The summed E-state index contributed by atoms with van der Waals surface area (Å²) >= 11 is 0. The van der Waals surface area contributed by atoms with E-state index in [1.807, 2.05) is 11.0 Å². The van der Waals surface area contributed by atoms with Crippen LogP contribution in [0.15, 0.2) is 30.3 Å². The van der Waals surface area contributed by atoms with Crippen molar-refractivity contribution in [2.75, 3.05) is 63.9 Å². The highest BCUT2D eigenvalue weighted by Gasteiger charge is 2.26. The van der Waals surface area contributed by atoms with Gasteiger partial charge in [-0.1, -0.05) is 32.0 Å². The molecule has 2 aliphatic heterocycles. The second-order valence-electron chi connectivity index (χ2n) is 7.46. The third-order valence-corrected chi connectivity index (χ3v) is 5.43. The third-order valence-electron chi connectivity index (χ3n) is 5.43. The summed E-state index contributed by atoms with van der Waals surface area (Å²) < 4.78 is 5.46. The van der Waals surface area contributed by atoms with Crippen LogP contribution in [0.2, 0.25) is 0 Å². The molecule has 0 radical (unpaired) electrons. The average Bonchev–Trinajstić information content (AvgIpc) is 2.69. The van der Waals surface area contributed by atoms with Crippen molar-refractivity contribution in [3.05, 3.63) is 30.3 Å². The van der Waals surface area contributed by atoms with Crippen molar-refractivity contribution in [3.8, 4) is 0 Å². The van der Waals surface area contributed by atoms with Gasteiger partial charge in [-0.2, -0.15) is 0 Å². The van der Waals surface area contributed by atoms with Gasteiger partial charge in [0, 0.05) is 57.5 Å². The normalized spacial score (nSPS) is 20.3. The Kier molecular flexibility index (Phi) is 6.74. The number of amides is 2. The molecule has 0 unspecified atom stereocenters. The van der Waals surface area contributed by atoms with Crippen molar-refractivity contribution in [1.29, 1.82) is 0 Å². The molecule has 1 N–H and O–H groups in total. The smallest absolute Gasteiger partial charge is 0.317 e. The van der Waals surface area contributed by atoms with E-state index in [0.29, 0.717) is 18.5 Å². The predicted octanol–water partition coefficient (Wildman–Crippen LogP) is 1.87. The zero-order valence-electron chi connectivity index (χ0n) is 16.1. The second-order valence-corrected chi connectivity index (χ2v) is 7.46. The number of piperazine rings is 1. The summed E-state index contributed by atoms with van der Waals surface area (Å²) in [5, 5.41) is 3.17. The minimum atomic E-state index is 0.0663. The number of carbonyl (C=O) groups excluding carboxylic acids is 1. The number of anilines is 1. The SMILES string of the molecule is CC(C)[C@@H](CNC(=O)N1CCN(c2ccccc2)CC1)N1CCOCC1. The fourth-order valence-electron chi connectivity index (χ4n) is 3.81. The number of urea groups is 1. The molecular weight excluding hydrogens is 328 g/mol. The number of benzene rings is 1. The van der Waals surface area contributed by atoms with E-state index in [4.69, 9.17) is 4.74 Å². The van der Waals surface area contributed by atoms with E-state index < -0.39 is 0 Å².